The highest BCUT2D eigenvalue weighted by Crippen LogP contribution is 2.42. The highest BCUT2D eigenvalue weighted by molar-refractivity contribution is 9.10. The second kappa shape index (κ2) is 9.82. The van der Waals surface area contributed by atoms with E-state index in [4.69, 9.17) is 10.5 Å². The first-order valence-corrected chi connectivity index (χ1v) is 11.4. The van der Waals surface area contributed by atoms with Gasteiger partial charge >= 0.3 is 6.18 Å². The first kappa shape index (κ1) is 24.9. The van der Waals surface area contributed by atoms with Crippen LogP contribution in [0.15, 0.2) is 53.1 Å². The maximum absolute atomic E-state index is 14.1. The van der Waals surface area contributed by atoms with Crippen LogP contribution >= 0.6 is 15.9 Å². The summed E-state index contributed by atoms with van der Waals surface area (Å²) >= 11 is 3.35. The maximum Gasteiger partial charge on any atom is 0.416 e. The van der Waals surface area contributed by atoms with Crippen LogP contribution in [0, 0.1) is 5.82 Å². The zero-order valence-corrected chi connectivity index (χ0v) is 20.2. The number of hydrogen-bond donors (Lipinski definition) is 1. The number of pyridine rings is 1. The number of nitrogens with two attached hydrogens (primary N) is 1. The molecule has 1 aliphatic rings. The number of methoxy groups -OCH3 is 1. The van der Waals surface area contributed by atoms with Gasteiger partial charge in [0.2, 0.25) is 5.88 Å². The van der Waals surface area contributed by atoms with Gasteiger partial charge in [0.25, 0.3) is 5.91 Å². The van der Waals surface area contributed by atoms with Crippen LogP contribution in [0.3, 0.4) is 0 Å². The van der Waals surface area contributed by atoms with Crippen molar-refractivity contribution in [1.29, 1.82) is 0 Å². The van der Waals surface area contributed by atoms with Crippen molar-refractivity contribution in [2.24, 2.45) is 5.73 Å². The number of carbonyl (C=O) groups excluding carboxylic acids is 1. The van der Waals surface area contributed by atoms with E-state index in [1.165, 1.54) is 30.2 Å². The Labute approximate surface area is 207 Å². The lowest BCUT2D eigenvalue weighted by Crippen LogP contribution is -2.45. The van der Waals surface area contributed by atoms with Crippen molar-refractivity contribution in [2.45, 2.75) is 19.0 Å². The zero-order valence-electron chi connectivity index (χ0n) is 18.6. The van der Waals surface area contributed by atoms with Crippen LogP contribution in [0.25, 0.3) is 0 Å². The van der Waals surface area contributed by atoms with Crippen LogP contribution in [0.4, 0.5) is 34.6 Å². The van der Waals surface area contributed by atoms with E-state index >= 15 is 0 Å². The summed E-state index contributed by atoms with van der Waals surface area (Å²) < 4.78 is 60.2. The second-order valence-corrected chi connectivity index (χ2v) is 8.61. The Bertz CT molecular complexity index is 1270. The van der Waals surface area contributed by atoms with Gasteiger partial charge in [-0.15, -0.1) is 0 Å². The third kappa shape index (κ3) is 4.96. The maximum atomic E-state index is 14.1. The molecule has 0 atom stereocenters. The van der Waals surface area contributed by atoms with Crippen molar-refractivity contribution in [1.82, 2.24) is 4.98 Å². The summed E-state index contributed by atoms with van der Waals surface area (Å²) in [5.74, 6) is -0.653. The molecule has 0 bridgehead atoms. The molecule has 2 aromatic carbocycles. The molecule has 184 valence electrons. The lowest BCUT2D eigenvalue weighted by molar-refractivity contribution is -0.137. The molecule has 2 heterocycles. The fourth-order valence-corrected chi connectivity index (χ4v) is 4.49. The number of hydrogen-bond acceptors (Lipinski definition) is 5. The van der Waals surface area contributed by atoms with Gasteiger partial charge in [-0.25, -0.2) is 9.37 Å². The summed E-state index contributed by atoms with van der Waals surface area (Å²) in [5, 5.41) is 0. The van der Waals surface area contributed by atoms with Gasteiger partial charge in [-0.1, -0.05) is 0 Å². The number of rotatable bonds is 6. The van der Waals surface area contributed by atoms with E-state index in [1.807, 2.05) is 0 Å². The predicted molar refractivity (Wildman–Crippen MR) is 128 cm³/mol. The molecule has 2 N–H and O–H groups in total. The predicted octanol–water partition coefficient (Wildman–Crippen LogP) is 5.66. The monoisotopic (exact) mass is 552 g/mol. The summed E-state index contributed by atoms with van der Waals surface area (Å²) in [7, 11) is 1.45. The van der Waals surface area contributed by atoms with Crippen molar-refractivity contribution < 1.29 is 27.1 Å². The van der Waals surface area contributed by atoms with E-state index in [0.29, 0.717) is 46.8 Å². The van der Waals surface area contributed by atoms with Crippen molar-refractivity contribution >= 4 is 38.9 Å². The average Bonchev–Trinajstić information content (AvgIpc) is 2.83. The molecular formula is C24H21BrF4N4O2. The van der Waals surface area contributed by atoms with Crippen molar-refractivity contribution in [3.63, 3.8) is 0 Å². The van der Waals surface area contributed by atoms with Crippen LogP contribution in [0.5, 0.6) is 5.88 Å². The van der Waals surface area contributed by atoms with Gasteiger partial charge in [0.15, 0.2) is 0 Å². The van der Waals surface area contributed by atoms with Gasteiger partial charge in [-0.3, -0.25) is 9.69 Å². The topological polar surface area (TPSA) is 71.7 Å². The first-order chi connectivity index (χ1) is 16.6. The van der Waals surface area contributed by atoms with Crippen LogP contribution in [-0.2, 0) is 12.6 Å². The second-order valence-electron chi connectivity index (χ2n) is 7.86. The molecule has 0 radical (unpaired) electrons. The van der Waals surface area contributed by atoms with E-state index in [-0.39, 0.29) is 17.9 Å². The number of fused-ring (bicyclic) bond motifs is 1. The third-order valence-corrected chi connectivity index (χ3v) is 6.24. The molecule has 3 aromatic rings. The Morgan fingerprint density at radius 2 is 1.80 bits per heavy atom. The summed E-state index contributed by atoms with van der Waals surface area (Å²) in [4.78, 5) is 20.6. The fraction of sp³-hybridized carbons (Fsp3) is 0.250. The first-order valence-electron chi connectivity index (χ1n) is 10.6. The van der Waals surface area contributed by atoms with Gasteiger partial charge in [-0.2, -0.15) is 13.2 Å². The molecule has 0 unspecified atom stereocenters. The van der Waals surface area contributed by atoms with Crippen molar-refractivity contribution in [3.05, 3.63) is 75.6 Å². The number of alkyl halides is 3. The number of aryl methyl sites for hydroxylation is 1. The Kier molecular flexibility index (Phi) is 7.00. The number of nitrogens with zero attached hydrogens (tertiary/aromatic N) is 3. The van der Waals surface area contributed by atoms with E-state index in [9.17, 15) is 22.4 Å². The average molecular weight is 553 g/mol. The smallest absolute Gasteiger partial charge is 0.416 e. The van der Waals surface area contributed by atoms with Crippen LogP contribution < -0.4 is 20.3 Å². The number of amides is 1. The molecule has 1 amide bonds. The Morgan fingerprint density at radius 3 is 2.46 bits per heavy atom. The highest BCUT2D eigenvalue weighted by atomic mass is 79.9. The van der Waals surface area contributed by atoms with Crippen molar-refractivity contribution in [3.8, 4) is 5.88 Å². The number of benzene rings is 2. The minimum Gasteiger partial charge on any atom is -0.481 e. The minimum atomic E-state index is -4.60. The molecule has 11 heteroatoms. The molecule has 0 aliphatic carbocycles. The molecular weight excluding hydrogens is 532 g/mol. The van der Waals surface area contributed by atoms with Gasteiger partial charge in [-0.05, 0) is 83.3 Å². The molecule has 1 aliphatic heterocycles. The Morgan fingerprint density at radius 1 is 1.06 bits per heavy atom. The van der Waals surface area contributed by atoms with E-state index < -0.39 is 23.5 Å². The van der Waals surface area contributed by atoms with Gasteiger partial charge in [0.05, 0.1) is 29.6 Å². The number of carbonyl (C=O) groups is 1. The van der Waals surface area contributed by atoms with Crippen molar-refractivity contribution in [2.75, 3.05) is 30.1 Å². The lowest BCUT2D eigenvalue weighted by Gasteiger charge is -2.39. The van der Waals surface area contributed by atoms with Gasteiger partial charge in [0.1, 0.15) is 17.1 Å². The third-order valence-electron chi connectivity index (χ3n) is 5.66. The number of anilines is 3. The lowest BCUT2D eigenvalue weighted by atomic mass is 10.0. The number of halogens is 5. The van der Waals surface area contributed by atoms with E-state index in [1.54, 1.807) is 17.0 Å². The Hall–Kier alpha value is -3.18. The van der Waals surface area contributed by atoms with E-state index in [0.717, 1.165) is 18.2 Å². The molecule has 0 fully saturated rings. The molecule has 6 nitrogen and oxygen atoms in total. The molecule has 0 saturated heterocycles. The van der Waals surface area contributed by atoms with Gasteiger partial charge < -0.3 is 15.4 Å². The minimum absolute atomic E-state index is 0.0704. The van der Waals surface area contributed by atoms with E-state index in [2.05, 4.69) is 20.9 Å². The fourth-order valence-electron chi connectivity index (χ4n) is 3.97. The summed E-state index contributed by atoms with van der Waals surface area (Å²) in [6, 6.07) is 10.3. The van der Waals surface area contributed by atoms with Crippen LogP contribution in [0.1, 0.15) is 27.9 Å². The normalized spacial score (nSPS) is 13.7. The Balaban J connectivity index is 1.90. The summed E-state index contributed by atoms with van der Waals surface area (Å²) in [6.45, 7) is 0.237. The molecule has 35 heavy (non-hydrogen) atoms. The quantitative estimate of drug-likeness (QED) is 0.315. The highest BCUT2D eigenvalue weighted by Gasteiger charge is 2.37. The largest absolute Gasteiger partial charge is 0.481 e. The SMILES string of the molecule is COc1ccc(N2CN(c3ccc(F)cc3CCCN)c3cc(C(F)(F)F)ccc3C2=O)c(Br)n1. The number of ether oxygens (including phenoxy) is 1. The molecule has 0 spiro atoms. The molecule has 0 saturated carbocycles. The standard InChI is InChI=1S/C24H21BrF4N4O2/c1-35-21-9-8-19(22(25)31-21)33-13-32(18-7-5-16(26)11-14(18)3-2-10-30)20-12-15(24(27,28)29)4-6-17(20)23(33)34/h4-9,11-12H,2-3,10,13,30H2,1H3. The molecule has 4 rings (SSSR count). The number of aromatic nitrogens is 1. The summed E-state index contributed by atoms with van der Waals surface area (Å²) in [6.07, 6.45) is -3.64. The van der Waals surface area contributed by atoms with Gasteiger partial charge in [0, 0.05) is 11.8 Å². The zero-order chi connectivity index (χ0) is 25.3. The summed E-state index contributed by atoms with van der Waals surface area (Å²) in [5.41, 5.74) is 6.35. The van der Waals surface area contributed by atoms with Crippen LogP contribution in [-0.4, -0.2) is 31.2 Å². The van der Waals surface area contributed by atoms with Crippen LogP contribution in [0.2, 0.25) is 0 Å². The molecule has 1 aromatic heterocycles.